The Morgan fingerprint density at radius 2 is 1.79 bits per heavy atom. The summed E-state index contributed by atoms with van der Waals surface area (Å²) in [7, 11) is 1.94. The van der Waals surface area contributed by atoms with E-state index in [1.807, 2.05) is 42.3 Å². The second-order valence-corrected chi connectivity index (χ2v) is 7.09. The van der Waals surface area contributed by atoms with Gasteiger partial charge in [0.05, 0.1) is 6.54 Å². The summed E-state index contributed by atoms with van der Waals surface area (Å²) in [6.45, 7) is 1.75. The molecule has 24 heavy (non-hydrogen) atoms. The van der Waals surface area contributed by atoms with E-state index in [1.165, 1.54) is 5.56 Å². The van der Waals surface area contributed by atoms with Gasteiger partial charge in [-0.3, -0.25) is 9.69 Å². The number of rotatable bonds is 7. The third kappa shape index (κ3) is 4.16. The van der Waals surface area contributed by atoms with Crippen LogP contribution in [0.2, 0.25) is 5.02 Å². The molecule has 2 aromatic rings. The topological polar surface area (TPSA) is 32.3 Å². The van der Waals surface area contributed by atoms with Gasteiger partial charge in [-0.1, -0.05) is 60.1 Å². The maximum atomic E-state index is 12.2. The Hall–Kier alpha value is -1.84. The Kier molecular flexibility index (Phi) is 5.22. The van der Waals surface area contributed by atoms with Crippen molar-refractivity contribution in [1.29, 1.82) is 0 Å². The summed E-state index contributed by atoms with van der Waals surface area (Å²) in [4.78, 5) is 14.2. The van der Waals surface area contributed by atoms with Gasteiger partial charge in [-0.2, -0.15) is 0 Å². The van der Waals surface area contributed by atoms with Crippen LogP contribution in [0.4, 0.5) is 0 Å². The molecule has 1 fully saturated rings. The average Bonchev–Trinajstić information content (AvgIpc) is 3.37. The van der Waals surface area contributed by atoms with Gasteiger partial charge in [0.15, 0.2) is 0 Å². The van der Waals surface area contributed by atoms with Crippen molar-refractivity contribution in [3.63, 3.8) is 0 Å². The molecular weight excluding hydrogens is 320 g/mol. The van der Waals surface area contributed by atoms with E-state index in [2.05, 4.69) is 29.6 Å². The van der Waals surface area contributed by atoms with Crippen molar-refractivity contribution in [1.82, 2.24) is 10.2 Å². The van der Waals surface area contributed by atoms with Crippen LogP contribution in [0.1, 0.15) is 24.0 Å². The second kappa shape index (κ2) is 7.37. The minimum Gasteiger partial charge on any atom is -0.354 e. The van der Waals surface area contributed by atoms with Gasteiger partial charge >= 0.3 is 0 Å². The quantitative estimate of drug-likeness (QED) is 0.833. The standard InChI is InChI=1S/C20H23ClN2O/c1-23(13-16-7-5-6-10-18(16)21)14-19(24)22-15-20(11-12-20)17-8-3-2-4-9-17/h2-10H,11-15H2,1H3,(H,22,24). The first-order valence-corrected chi connectivity index (χ1v) is 8.71. The van der Waals surface area contributed by atoms with Gasteiger partial charge in [0.2, 0.25) is 5.91 Å². The van der Waals surface area contributed by atoms with Crippen molar-refractivity contribution in [2.45, 2.75) is 24.8 Å². The minimum absolute atomic E-state index is 0.0618. The Labute approximate surface area is 148 Å². The molecule has 1 N–H and O–H groups in total. The van der Waals surface area contributed by atoms with E-state index in [4.69, 9.17) is 11.6 Å². The molecular formula is C20H23ClN2O. The number of carbonyl (C=O) groups excluding carboxylic acids is 1. The Balaban J connectivity index is 1.49. The van der Waals surface area contributed by atoms with E-state index in [0.29, 0.717) is 13.1 Å². The Morgan fingerprint density at radius 1 is 1.12 bits per heavy atom. The first-order chi connectivity index (χ1) is 11.6. The summed E-state index contributed by atoms with van der Waals surface area (Å²) in [6, 6.07) is 18.2. The zero-order chi connectivity index (χ0) is 17.0. The lowest BCUT2D eigenvalue weighted by Gasteiger charge is -2.20. The fourth-order valence-electron chi connectivity index (χ4n) is 3.05. The summed E-state index contributed by atoms with van der Waals surface area (Å²) >= 11 is 6.17. The number of nitrogens with one attached hydrogen (secondary N) is 1. The van der Waals surface area contributed by atoms with Gasteiger partial charge in [-0.25, -0.2) is 0 Å². The van der Waals surface area contributed by atoms with Crippen LogP contribution >= 0.6 is 11.6 Å². The number of hydrogen-bond acceptors (Lipinski definition) is 2. The van der Waals surface area contributed by atoms with Crippen molar-refractivity contribution in [3.8, 4) is 0 Å². The van der Waals surface area contributed by atoms with E-state index in [1.54, 1.807) is 0 Å². The molecule has 126 valence electrons. The number of amides is 1. The highest BCUT2D eigenvalue weighted by Crippen LogP contribution is 2.47. The van der Waals surface area contributed by atoms with Gasteiger partial charge in [0, 0.05) is 23.5 Å². The number of likely N-dealkylation sites (N-methyl/N-ethyl adjacent to an activating group) is 1. The second-order valence-electron chi connectivity index (χ2n) is 6.69. The molecule has 4 heteroatoms. The van der Waals surface area contributed by atoms with Crippen LogP contribution in [0, 0.1) is 0 Å². The molecule has 1 aliphatic carbocycles. The van der Waals surface area contributed by atoms with Crippen LogP contribution in [0.5, 0.6) is 0 Å². The lowest BCUT2D eigenvalue weighted by Crippen LogP contribution is -2.38. The highest BCUT2D eigenvalue weighted by molar-refractivity contribution is 6.31. The first kappa shape index (κ1) is 17.0. The fraction of sp³-hybridized carbons (Fsp3) is 0.350. The number of halogens is 1. The first-order valence-electron chi connectivity index (χ1n) is 8.33. The SMILES string of the molecule is CN(CC(=O)NCC1(c2ccccc2)CC1)Cc1ccccc1Cl. The van der Waals surface area contributed by atoms with Gasteiger partial charge in [-0.05, 0) is 37.1 Å². The van der Waals surface area contributed by atoms with Gasteiger partial charge in [0.1, 0.15) is 0 Å². The lowest BCUT2D eigenvalue weighted by atomic mass is 9.96. The van der Waals surface area contributed by atoms with Crippen molar-refractivity contribution in [2.24, 2.45) is 0 Å². The highest BCUT2D eigenvalue weighted by atomic mass is 35.5. The number of carbonyl (C=O) groups is 1. The molecule has 0 radical (unpaired) electrons. The third-order valence-corrected chi connectivity index (χ3v) is 5.04. The molecule has 0 spiro atoms. The predicted octanol–water partition coefficient (Wildman–Crippen LogP) is 3.62. The van der Waals surface area contributed by atoms with Crippen molar-refractivity contribution >= 4 is 17.5 Å². The molecule has 0 bridgehead atoms. The molecule has 3 rings (SSSR count). The molecule has 1 amide bonds. The van der Waals surface area contributed by atoms with Crippen LogP contribution in [0.3, 0.4) is 0 Å². The van der Waals surface area contributed by atoms with Crippen molar-refractivity contribution in [3.05, 3.63) is 70.7 Å². The third-order valence-electron chi connectivity index (χ3n) is 4.68. The maximum Gasteiger partial charge on any atom is 0.234 e. The van der Waals surface area contributed by atoms with Crippen molar-refractivity contribution in [2.75, 3.05) is 20.1 Å². The smallest absolute Gasteiger partial charge is 0.234 e. The van der Waals surface area contributed by atoms with Gasteiger partial charge in [-0.15, -0.1) is 0 Å². The van der Waals surface area contributed by atoms with Crippen molar-refractivity contribution < 1.29 is 4.79 Å². The van der Waals surface area contributed by atoms with Crippen LogP contribution in [0.25, 0.3) is 0 Å². The molecule has 1 saturated carbocycles. The van der Waals surface area contributed by atoms with E-state index in [0.717, 1.165) is 30.0 Å². The van der Waals surface area contributed by atoms with Gasteiger partial charge in [0.25, 0.3) is 0 Å². The summed E-state index contributed by atoms with van der Waals surface area (Å²) in [6.07, 6.45) is 2.29. The summed E-state index contributed by atoms with van der Waals surface area (Å²) < 4.78 is 0. The number of benzene rings is 2. The normalized spacial score (nSPS) is 15.3. The molecule has 0 unspecified atom stereocenters. The van der Waals surface area contributed by atoms with E-state index in [9.17, 15) is 4.79 Å². The fourth-order valence-corrected chi connectivity index (χ4v) is 3.25. The van der Waals surface area contributed by atoms with Crippen LogP contribution in [0.15, 0.2) is 54.6 Å². The highest BCUT2D eigenvalue weighted by Gasteiger charge is 2.44. The predicted molar refractivity (Wildman–Crippen MR) is 98.1 cm³/mol. The molecule has 0 saturated heterocycles. The Morgan fingerprint density at radius 3 is 2.46 bits per heavy atom. The zero-order valence-electron chi connectivity index (χ0n) is 14.0. The molecule has 0 aromatic heterocycles. The van der Waals surface area contributed by atoms with Crippen LogP contribution in [-0.2, 0) is 16.8 Å². The largest absolute Gasteiger partial charge is 0.354 e. The summed E-state index contributed by atoms with van der Waals surface area (Å²) in [5, 5.41) is 3.84. The molecule has 3 nitrogen and oxygen atoms in total. The van der Waals surface area contributed by atoms with E-state index >= 15 is 0 Å². The summed E-state index contributed by atoms with van der Waals surface area (Å²) in [5.74, 6) is 0.0618. The zero-order valence-corrected chi connectivity index (χ0v) is 14.7. The van der Waals surface area contributed by atoms with E-state index in [-0.39, 0.29) is 11.3 Å². The number of nitrogens with zero attached hydrogens (tertiary/aromatic N) is 1. The van der Waals surface area contributed by atoms with Crippen LogP contribution < -0.4 is 5.32 Å². The molecule has 0 heterocycles. The molecule has 0 aliphatic heterocycles. The number of hydrogen-bond donors (Lipinski definition) is 1. The Bertz CT molecular complexity index is 698. The van der Waals surface area contributed by atoms with Gasteiger partial charge < -0.3 is 5.32 Å². The monoisotopic (exact) mass is 342 g/mol. The molecule has 0 atom stereocenters. The summed E-state index contributed by atoms with van der Waals surface area (Å²) in [5.41, 5.74) is 2.52. The maximum absolute atomic E-state index is 12.2. The molecule has 2 aromatic carbocycles. The average molecular weight is 343 g/mol. The minimum atomic E-state index is 0.0618. The van der Waals surface area contributed by atoms with E-state index < -0.39 is 0 Å². The van der Waals surface area contributed by atoms with Crippen LogP contribution in [-0.4, -0.2) is 30.9 Å². The molecule has 1 aliphatic rings. The lowest BCUT2D eigenvalue weighted by molar-refractivity contribution is -0.122.